The number of nitrogens with zero attached hydrogens (tertiary/aromatic N) is 2. The number of nitrogen functional groups attached to an aromatic ring is 1. The summed E-state index contributed by atoms with van der Waals surface area (Å²) < 4.78 is 41.6. The zero-order chi connectivity index (χ0) is 22.2. The van der Waals surface area contributed by atoms with E-state index < -0.39 is 17.3 Å². The fraction of sp³-hybridized carbons (Fsp3) is 0.174. The number of hydrogen-bond acceptors (Lipinski definition) is 4. The normalized spacial score (nSPS) is 16.1. The van der Waals surface area contributed by atoms with Crippen molar-refractivity contribution in [3.63, 3.8) is 0 Å². The lowest BCUT2D eigenvalue weighted by atomic mass is 9.75. The number of hydrogen-bond donors (Lipinski definition) is 3. The van der Waals surface area contributed by atoms with Crippen molar-refractivity contribution in [1.82, 2.24) is 20.2 Å². The molecule has 0 radical (unpaired) electrons. The molecule has 1 aliphatic carbocycles. The van der Waals surface area contributed by atoms with Gasteiger partial charge in [0.15, 0.2) is 0 Å². The number of benzene rings is 2. The number of nitrogens with one attached hydrogen (secondary N) is 2. The number of nitrogens with two attached hydrogens (primary N) is 1. The van der Waals surface area contributed by atoms with E-state index in [4.69, 9.17) is 5.73 Å². The summed E-state index contributed by atoms with van der Waals surface area (Å²) in [7, 11) is 0. The SMILES string of the molecule is Nc1c(-c2ccc(F)c3[nH]ncc23)c2cc(C3CC(F)(F)C3)c3ncccc3c2[nH]c1=O. The molecular weight excluding hydrogens is 419 g/mol. The van der Waals surface area contributed by atoms with Crippen molar-refractivity contribution >= 4 is 38.4 Å². The zero-order valence-corrected chi connectivity index (χ0v) is 16.5. The third-order valence-electron chi connectivity index (χ3n) is 6.31. The maximum atomic E-state index is 14.3. The molecule has 0 saturated heterocycles. The molecule has 0 unspecified atom stereocenters. The molecule has 4 N–H and O–H groups in total. The van der Waals surface area contributed by atoms with E-state index in [1.165, 1.54) is 12.3 Å². The Morgan fingerprint density at radius 2 is 1.91 bits per heavy atom. The number of rotatable bonds is 2. The smallest absolute Gasteiger partial charge is 0.272 e. The Hall–Kier alpha value is -3.88. The second kappa shape index (κ2) is 6.32. The second-order valence-electron chi connectivity index (χ2n) is 8.25. The summed E-state index contributed by atoms with van der Waals surface area (Å²) in [6, 6.07) is 8.11. The predicted molar refractivity (Wildman–Crippen MR) is 116 cm³/mol. The molecule has 0 amide bonds. The van der Waals surface area contributed by atoms with Crippen molar-refractivity contribution in [1.29, 1.82) is 0 Å². The summed E-state index contributed by atoms with van der Waals surface area (Å²) in [4.78, 5) is 20.0. The highest BCUT2D eigenvalue weighted by Gasteiger charge is 2.46. The molecule has 5 aromatic rings. The molecule has 32 heavy (non-hydrogen) atoms. The molecule has 1 fully saturated rings. The number of halogens is 3. The lowest BCUT2D eigenvalue weighted by molar-refractivity contribution is -0.0864. The van der Waals surface area contributed by atoms with Crippen LogP contribution in [-0.4, -0.2) is 26.1 Å². The number of aromatic nitrogens is 4. The van der Waals surface area contributed by atoms with Gasteiger partial charge in [-0.15, -0.1) is 0 Å². The summed E-state index contributed by atoms with van der Waals surface area (Å²) in [5.41, 5.74) is 8.57. The molecule has 9 heteroatoms. The molecule has 160 valence electrons. The average molecular weight is 435 g/mol. The van der Waals surface area contributed by atoms with E-state index in [1.54, 1.807) is 30.5 Å². The van der Waals surface area contributed by atoms with Gasteiger partial charge in [0.2, 0.25) is 5.92 Å². The van der Waals surface area contributed by atoms with Crippen molar-refractivity contribution in [2.24, 2.45) is 0 Å². The minimum absolute atomic E-state index is 0.0419. The van der Waals surface area contributed by atoms with E-state index >= 15 is 0 Å². The first-order valence-electron chi connectivity index (χ1n) is 10.1. The van der Waals surface area contributed by atoms with Crippen molar-refractivity contribution < 1.29 is 13.2 Å². The largest absolute Gasteiger partial charge is 0.394 e. The summed E-state index contributed by atoms with van der Waals surface area (Å²) in [6.07, 6.45) is 2.54. The lowest BCUT2D eigenvalue weighted by Crippen LogP contribution is -2.33. The number of alkyl halides is 2. The topological polar surface area (TPSA) is 100 Å². The van der Waals surface area contributed by atoms with E-state index in [9.17, 15) is 18.0 Å². The number of H-pyrrole nitrogens is 2. The van der Waals surface area contributed by atoms with E-state index in [1.807, 2.05) is 0 Å². The second-order valence-corrected chi connectivity index (χ2v) is 8.25. The molecule has 2 aromatic carbocycles. The third kappa shape index (κ3) is 2.57. The minimum atomic E-state index is -2.70. The van der Waals surface area contributed by atoms with Crippen molar-refractivity contribution in [2.45, 2.75) is 24.7 Å². The summed E-state index contributed by atoms with van der Waals surface area (Å²) >= 11 is 0. The highest BCUT2D eigenvalue weighted by atomic mass is 19.3. The van der Waals surface area contributed by atoms with Gasteiger partial charge in [0.05, 0.1) is 17.2 Å². The molecular formula is C23H16F3N5O. The number of anilines is 1. The van der Waals surface area contributed by atoms with Gasteiger partial charge in [-0.05, 0) is 41.3 Å². The lowest BCUT2D eigenvalue weighted by Gasteiger charge is -2.35. The van der Waals surface area contributed by atoms with Gasteiger partial charge in [-0.25, -0.2) is 13.2 Å². The third-order valence-corrected chi connectivity index (χ3v) is 6.31. The maximum Gasteiger partial charge on any atom is 0.272 e. The fourth-order valence-corrected chi connectivity index (χ4v) is 4.75. The maximum absolute atomic E-state index is 14.3. The first-order valence-corrected chi connectivity index (χ1v) is 10.1. The molecule has 3 heterocycles. The van der Waals surface area contributed by atoms with Gasteiger partial charge in [-0.2, -0.15) is 5.10 Å². The molecule has 6 nitrogen and oxygen atoms in total. The van der Waals surface area contributed by atoms with Gasteiger partial charge < -0.3 is 10.7 Å². The van der Waals surface area contributed by atoms with Crippen LogP contribution in [-0.2, 0) is 0 Å². The Bertz CT molecular complexity index is 1610. The van der Waals surface area contributed by atoms with Crippen molar-refractivity contribution in [2.75, 3.05) is 5.73 Å². The van der Waals surface area contributed by atoms with E-state index in [2.05, 4.69) is 20.2 Å². The monoisotopic (exact) mass is 435 g/mol. The molecule has 0 atom stereocenters. The number of fused-ring (bicyclic) bond motifs is 4. The van der Waals surface area contributed by atoms with Crippen LogP contribution in [0.15, 0.2) is 47.5 Å². The summed E-state index contributed by atoms with van der Waals surface area (Å²) in [5, 5.41) is 8.24. The first kappa shape index (κ1) is 18.9. The Morgan fingerprint density at radius 3 is 2.69 bits per heavy atom. The Kier molecular flexibility index (Phi) is 3.72. The van der Waals surface area contributed by atoms with Crippen LogP contribution in [0.4, 0.5) is 18.9 Å². The van der Waals surface area contributed by atoms with Gasteiger partial charge in [-0.1, -0.05) is 6.07 Å². The molecule has 1 aliphatic rings. The average Bonchev–Trinajstić information content (AvgIpc) is 3.25. The summed E-state index contributed by atoms with van der Waals surface area (Å²) in [5.74, 6) is -3.55. The Labute approximate surface area is 178 Å². The number of pyridine rings is 2. The Morgan fingerprint density at radius 1 is 1.09 bits per heavy atom. The molecule has 6 rings (SSSR count). The van der Waals surface area contributed by atoms with Crippen LogP contribution in [0.5, 0.6) is 0 Å². The van der Waals surface area contributed by atoms with Crippen LogP contribution < -0.4 is 11.3 Å². The van der Waals surface area contributed by atoms with E-state index in [0.717, 1.165) is 0 Å². The van der Waals surface area contributed by atoms with Crippen LogP contribution in [0.3, 0.4) is 0 Å². The molecule has 1 saturated carbocycles. The molecule has 3 aromatic heterocycles. The quantitative estimate of drug-likeness (QED) is 0.345. The van der Waals surface area contributed by atoms with Gasteiger partial charge >= 0.3 is 0 Å². The van der Waals surface area contributed by atoms with Crippen LogP contribution in [0.2, 0.25) is 0 Å². The van der Waals surface area contributed by atoms with Gasteiger partial charge in [0, 0.05) is 40.8 Å². The molecule has 0 spiro atoms. The number of aromatic amines is 2. The summed E-state index contributed by atoms with van der Waals surface area (Å²) in [6.45, 7) is 0. The van der Waals surface area contributed by atoms with E-state index in [-0.39, 0.29) is 30.0 Å². The predicted octanol–water partition coefficient (Wildman–Crippen LogP) is 4.85. The first-order chi connectivity index (χ1) is 15.3. The van der Waals surface area contributed by atoms with Crippen molar-refractivity contribution in [3.8, 4) is 11.1 Å². The van der Waals surface area contributed by atoms with Gasteiger partial charge in [-0.3, -0.25) is 14.9 Å². The van der Waals surface area contributed by atoms with Crippen LogP contribution in [0.1, 0.15) is 24.3 Å². The van der Waals surface area contributed by atoms with Gasteiger partial charge in [0.1, 0.15) is 17.0 Å². The molecule has 0 aliphatic heterocycles. The Balaban J connectivity index is 1.75. The van der Waals surface area contributed by atoms with E-state index in [0.29, 0.717) is 43.9 Å². The van der Waals surface area contributed by atoms with Crippen LogP contribution in [0, 0.1) is 5.82 Å². The highest BCUT2D eigenvalue weighted by Crippen LogP contribution is 2.51. The standard InChI is InChI=1S/C23H16F3N5O/c24-16-4-3-11(15-9-29-31-21(15)16)17-14-6-13(10-7-23(25,26)8-10)19-12(2-1-5-28-19)20(14)30-22(32)18(17)27/h1-6,9-10H,7-8,27H2,(H,29,31)(H,30,32). The minimum Gasteiger partial charge on any atom is -0.394 e. The molecule has 0 bridgehead atoms. The van der Waals surface area contributed by atoms with Gasteiger partial charge in [0.25, 0.3) is 5.56 Å². The van der Waals surface area contributed by atoms with Crippen molar-refractivity contribution in [3.05, 3.63) is 64.5 Å². The fourth-order valence-electron chi connectivity index (χ4n) is 4.75. The van der Waals surface area contributed by atoms with Crippen LogP contribution in [0.25, 0.3) is 43.8 Å². The zero-order valence-electron chi connectivity index (χ0n) is 16.5. The highest BCUT2D eigenvalue weighted by molar-refractivity contribution is 6.15. The van der Waals surface area contributed by atoms with Crippen LogP contribution >= 0.6 is 0 Å².